The maximum Gasteiger partial charge on any atom is 0.275 e. The number of amides is 1. The molecule has 2 fully saturated rings. The lowest BCUT2D eigenvalue weighted by molar-refractivity contribution is -0.895. The fraction of sp³-hybridized carbons (Fsp3) is 0.667. The summed E-state index contributed by atoms with van der Waals surface area (Å²) in [4.78, 5) is 14.0. The summed E-state index contributed by atoms with van der Waals surface area (Å²) >= 11 is 0. The van der Waals surface area contributed by atoms with Gasteiger partial charge in [0, 0.05) is 6.04 Å². The van der Waals surface area contributed by atoms with E-state index in [9.17, 15) is 13.2 Å². The summed E-state index contributed by atoms with van der Waals surface area (Å²) in [7, 11) is -3.45. The molecule has 1 heterocycles. The molecule has 1 aromatic rings. The summed E-state index contributed by atoms with van der Waals surface area (Å²) in [6.07, 6.45) is 3.49. The molecule has 3 atom stereocenters. The molecule has 3 rings (SSSR count). The van der Waals surface area contributed by atoms with E-state index in [-0.39, 0.29) is 11.9 Å². The van der Waals surface area contributed by atoms with Crippen LogP contribution in [0.1, 0.15) is 38.7 Å². The fourth-order valence-corrected chi connectivity index (χ4v) is 5.79. The van der Waals surface area contributed by atoms with Crippen molar-refractivity contribution in [3.05, 3.63) is 29.8 Å². The van der Waals surface area contributed by atoms with Gasteiger partial charge in [0.15, 0.2) is 6.54 Å². The molecule has 2 N–H and O–H groups in total. The number of benzene rings is 1. The second-order valence-corrected chi connectivity index (χ2v) is 10.5. The van der Waals surface area contributed by atoms with Gasteiger partial charge in [-0.15, -0.1) is 0 Å². The number of piperazine rings is 1. The monoisotopic (exact) mass is 408 g/mol. The maximum absolute atomic E-state index is 12.8. The van der Waals surface area contributed by atoms with Gasteiger partial charge in [-0.1, -0.05) is 44.4 Å². The van der Waals surface area contributed by atoms with Crippen LogP contribution < -0.4 is 10.2 Å². The van der Waals surface area contributed by atoms with Crippen LogP contribution >= 0.6 is 0 Å². The van der Waals surface area contributed by atoms with Crippen LogP contribution in [-0.4, -0.2) is 57.4 Å². The topological polar surface area (TPSA) is 70.9 Å². The van der Waals surface area contributed by atoms with Crippen molar-refractivity contribution in [3.8, 4) is 0 Å². The molecule has 1 aliphatic heterocycles. The first-order valence-electron chi connectivity index (χ1n) is 10.5. The molecule has 28 heavy (non-hydrogen) atoms. The summed E-state index contributed by atoms with van der Waals surface area (Å²) in [5.74, 6) is 1.27. The van der Waals surface area contributed by atoms with Crippen LogP contribution in [-0.2, 0) is 14.8 Å². The van der Waals surface area contributed by atoms with Gasteiger partial charge in [-0.2, -0.15) is 4.31 Å². The smallest absolute Gasteiger partial charge is 0.275 e. The third-order valence-electron chi connectivity index (χ3n) is 6.55. The van der Waals surface area contributed by atoms with Gasteiger partial charge < -0.3 is 10.2 Å². The maximum atomic E-state index is 12.8. The quantitative estimate of drug-likeness (QED) is 0.758. The number of hydrogen-bond donors (Lipinski definition) is 2. The summed E-state index contributed by atoms with van der Waals surface area (Å²) in [6, 6.07) is 7.27. The highest BCUT2D eigenvalue weighted by molar-refractivity contribution is 7.89. The number of nitrogens with one attached hydrogen (secondary N) is 2. The van der Waals surface area contributed by atoms with Crippen LogP contribution in [0.2, 0.25) is 0 Å². The van der Waals surface area contributed by atoms with Gasteiger partial charge in [-0.3, -0.25) is 4.79 Å². The van der Waals surface area contributed by atoms with Crippen molar-refractivity contribution in [2.75, 3.05) is 32.7 Å². The molecule has 2 aliphatic rings. The molecule has 1 saturated heterocycles. The van der Waals surface area contributed by atoms with Gasteiger partial charge in [0.25, 0.3) is 5.91 Å². The van der Waals surface area contributed by atoms with E-state index in [0.717, 1.165) is 16.9 Å². The van der Waals surface area contributed by atoms with E-state index >= 15 is 0 Å². The van der Waals surface area contributed by atoms with Gasteiger partial charge in [-0.25, -0.2) is 8.42 Å². The third kappa shape index (κ3) is 4.93. The number of sulfonamides is 1. The van der Waals surface area contributed by atoms with Gasteiger partial charge in [0.2, 0.25) is 10.0 Å². The Balaban J connectivity index is 1.50. The van der Waals surface area contributed by atoms with E-state index in [1.165, 1.54) is 12.8 Å². The highest BCUT2D eigenvalue weighted by atomic mass is 32.2. The zero-order valence-corrected chi connectivity index (χ0v) is 18.1. The zero-order valence-electron chi connectivity index (χ0n) is 17.3. The lowest BCUT2D eigenvalue weighted by Gasteiger charge is -2.35. The van der Waals surface area contributed by atoms with Crippen LogP contribution in [0.25, 0.3) is 0 Å². The second-order valence-electron chi connectivity index (χ2n) is 8.59. The Labute approximate surface area is 169 Å². The number of carbonyl (C=O) groups is 1. The van der Waals surface area contributed by atoms with Crippen molar-refractivity contribution < 1.29 is 18.1 Å². The Morgan fingerprint density at radius 2 is 1.79 bits per heavy atom. The van der Waals surface area contributed by atoms with Gasteiger partial charge in [0.05, 0.1) is 31.1 Å². The number of aryl methyl sites for hydroxylation is 1. The van der Waals surface area contributed by atoms with Crippen LogP contribution in [0.5, 0.6) is 0 Å². The van der Waals surface area contributed by atoms with Crippen LogP contribution in [0.15, 0.2) is 29.2 Å². The normalized spacial score (nSPS) is 27.5. The molecule has 156 valence electrons. The largest absolute Gasteiger partial charge is 0.348 e. The van der Waals surface area contributed by atoms with Crippen LogP contribution in [0.3, 0.4) is 0 Å². The highest BCUT2D eigenvalue weighted by Crippen LogP contribution is 2.29. The average Bonchev–Trinajstić information content (AvgIpc) is 2.66. The van der Waals surface area contributed by atoms with E-state index in [1.54, 1.807) is 16.4 Å². The number of rotatable bonds is 5. The van der Waals surface area contributed by atoms with Crippen molar-refractivity contribution in [1.29, 1.82) is 0 Å². The standard InChI is InChI=1S/C21H33N3O3S/c1-16-7-9-19(10-8-16)28(26,27)24-13-11-23(12-14-24)15-21(25)22-20-6-4-5-17(2)18(20)3/h7-10,17-18,20H,4-6,11-15H2,1-3H3,(H,22,25)/p+1/t17-,18+,20-/m1/s1. The minimum atomic E-state index is -3.45. The van der Waals surface area contributed by atoms with Gasteiger partial charge in [0.1, 0.15) is 0 Å². The molecule has 6 nitrogen and oxygen atoms in total. The first kappa shape index (κ1) is 21.3. The molecule has 0 aromatic heterocycles. The Morgan fingerprint density at radius 1 is 1.14 bits per heavy atom. The Hall–Kier alpha value is -1.44. The molecule has 7 heteroatoms. The average molecular weight is 409 g/mol. The minimum absolute atomic E-state index is 0.0933. The Bertz CT molecular complexity index is 771. The molecule has 1 saturated carbocycles. The number of carbonyl (C=O) groups excluding carboxylic acids is 1. The minimum Gasteiger partial charge on any atom is -0.348 e. The zero-order chi connectivity index (χ0) is 20.3. The number of quaternary nitrogens is 1. The molecule has 0 radical (unpaired) electrons. The Morgan fingerprint density at radius 3 is 2.43 bits per heavy atom. The molecule has 0 unspecified atom stereocenters. The molecule has 1 aliphatic carbocycles. The lowest BCUT2D eigenvalue weighted by Crippen LogP contribution is -3.15. The molecular weight excluding hydrogens is 374 g/mol. The van der Waals surface area contributed by atoms with Crippen molar-refractivity contribution in [2.45, 2.75) is 51.0 Å². The molecule has 1 amide bonds. The predicted molar refractivity (Wildman–Crippen MR) is 110 cm³/mol. The van der Waals surface area contributed by atoms with Crippen molar-refractivity contribution in [1.82, 2.24) is 9.62 Å². The predicted octanol–water partition coefficient (Wildman–Crippen LogP) is 0.825. The second kappa shape index (κ2) is 8.93. The first-order chi connectivity index (χ1) is 13.3. The van der Waals surface area contributed by atoms with Crippen molar-refractivity contribution in [3.63, 3.8) is 0 Å². The first-order valence-corrected chi connectivity index (χ1v) is 11.9. The lowest BCUT2D eigenvalue weighted by atomic mass is 9.78. The van der Waals surface area contributed by atoms with E-state index in [4.69, 9.17) is 0 Å². The summed E-state index contributed by atoms with van der Waals surface area (Å²) < 4.78 is 27.1. The number of hydrogen-bond acceptors (Lipinski definition) is 3. The van der Waals surface area contributed by atoms with Gasteiger partial charge >= 0.3 is 0 Å². The molecule has 1 aromatic carbocycles. The third-order valence-corrected chi connectivity index (χ3v) is 8.46. The van der Waals surface area contributed by atoms with Crippen LogP contribution in [0, 0.1) is 18.8 Å². The van der Waals surface area contributed by atoms with Crippen molar-refractivity contribution >= 4 is 15.9 Å². The summed E-state index contributed by atoms with van der Waals surface area (Å²) in [6.45, 7) is 9.10. The van der Waals surface area contributed by atoms with Crippen LogP contribution in [0.4, 0.5) is 0 Å². The van der Waals surface area contributed by atoms with Gasteiger partial charge in [-0.05, 0) is 37.3 Å². The molecular formula is C21H34N3O3S+. The van der Waals surface area contributed by atoms with E-state index < -0.39 is 10.0 Å². The van der Waals surface area contributed by atoms with Crippen molar-refractivity contribution in [2.24, 2.45) is 11.8 Å². The van der Waals surface area contributed by atoms with E-state index in [2.05, 4.69) is 19.2 Å². The molecule has 0 bridgehead atoms. The van der Waals surface area contributed by atoms with E-state index in [1.807, 2.05) is 19.1 Å². The summed E-state index contributed by atoms with van der Waals surface area (Å²) in [5, 5.41) is 3.23. The molecule has 0 spiro atoms. The summed E-state index contributed by atoms with van der Waals surface area (Å²) in [5.41, 5.74) is 1.04. The Kier molecular flexibility index (Phi) is 6.78. The fourth-order valence-electron chi connectivity index (χ4n) is 4.35. The van der Waals surface area contributed by atoms with E-state index in [0.29, 0.717) is 49.5 Å². The SMILES string of the molecule is Cc1ccc(S(=O)(=O)N2CC[NH+](CC(=O)N[C@@H]3CCC[C@@H](C)[C@@H]3C)CC2)cc1. The highest BCUT2D eigenvalue weighted by Gasteiger charge is 2.32. The number of nitrogens with zero attached hydrogens (tertiary/aromatic N) is 1.